The van der Waals surface area contributed by atoms with Gasteiger partial charge in [-0.2, -0.15) is 0 Å². The second-order valence-electron chi connectivity index (χ2n) is 13.1. The van der Waals surface area contributed by atoms with Crippen molar-refractivity contribution >= 4 is 34.3 Å². The average Bonchev–Trinajstić information content (AvgIpc) is 3.09. The summed E-state index contributed by atoms with van der Waals surface area (Å²) in [7, 11) is 0. The molecule has 2 aromatic carbocycles. The molecule has 0 aliphatic carbocycles. The molecule has 10 heteroatoms. The number of carboxylic acids is 2. The number of carbonyl (C=O) groups is 2. The lowest BCUT2D eigenvalue weighted by molar-refractivity contribution is -0.145. The molecule has 0 saturated carbocycles. The molecular weight excluding hydrogens is 606 g/mol. The van der Waals surface area contributed by atoms with Gasteiger partial charge < -0.3 is 25.2 Å². The monoisotopic (exact) mass is 651 g/mol. The first-order chi connectivity index (χ1) is 23.3. The van der Waals surface area contributed by atoms with E-state index in [0.717, 1.165) is 95.6 Å². The normalized spacial score (nSPS) is 17.8. The zero-order valence-electron chi connectivity index (χ0n) is 27.8. The van der Waals surface area contributed by atoms with Crippen molar-refractivity contribution in [1.29, 1.82) is 0 Å². The molecule has 2 aliphatic heterocycles. The zero-order chi connectivity index (χ0) is 33.6. The smallest absolute Gasteiger partial charge is 0.320 e. The minimum Gasteiger partial charge on any atom is -0.493 e. The number of fused-ring (bicyclic) bond motifs is 1. The third-order valence-corrected chi connectivity index (χ3v) is 9.91. The molecule has 2 aromatic heterocycles. The molecule has 2 saturated heterocycles. The van der Waals surface area contributed by atoms with Gasteiger partial charge in [0.2, 0.25) is 0 Å². The van der Waals surface area contributed by atoms with Crippen LogP contribution in [0, 0.1) is 19.8 Å². The summed E-state index contributed by atoms with van der Waals surface area (Å²) in [5, 5.41) is 23.4. The van der Waals surface area contributed by atoms with Crippen molar-refractivity contribution < 1.29 is 24.5 Å². The number of nitrogens with one attached hydrogen (secondary N) is 1. The zero-order valence-corrected chi connectivity index (χ0v) is 27.8. The number of nitrogens with zero attached hydrogens (tertiary/aromatic N) is 4. The molecule has 4 heterocycles. The maximum absolute atomic E-state index is 11.8. The fourth-order valence-electron chi connectivity index (χ4n) is 7.10. The highest BCUT2D eigenvalue weighted by Gasteiger charge is 2.28. The van der Waals surface area contributed by atoms with E-state index in [9.17, 15) is 19.8 Å². The number of ether oxygens (including phenoxy) is 1. The molecule has 0 spiro atoms. The summed E-state index contributed by atoms with van der Waals surface area (Å²) in [6, 6.07) is 16.0. The van der Waals surface area contributed by atoms with E-state index in [4.69, 9.17) is 9.72 Å². The van der Waals surface area contributed by atoms with Crippen LogP contribution in [0.15, 0.2) is 60.9 Å². The van der Waals surface area contributed by atoms with Crippen molar-refractivity contribution in [3.8, 4) is 16.9 Å². The van der Waals surface area contributed by atoms with Gasteiger partial charge in [-0.3, -0.25) is 19.5 Å². The third-order valence-electron chi connectivity index (χ3n) is 9.91. The average molecular weight is 652 g/mol. The first-order valence-corrected chi connectivity index (χ1v) is 17.0. The van der Waals surface area contributed by atoms with E-state index < -0.39 is 18.0 Å². The molecule has 1 unspecified atom stereocenters. The highest BCUT2D eigenvalue weighted by molar-refractivity contribution is 5.91. The Morgan fingerprint density at radius 2 is 1.69 bits per heavy atom. The number of hydrogen-bond donors (Lipinski definition) is 3. The molecule has 10 nitrogen and oxygen atoms in total. The van der Waals surface area contributed by atoms with Crippen LogP contribution in [0.25, 0.3) is 22.0 Å². The number of anilines is 2. The number of carboxylic acid groups (broad SMARTS) is 2. The van der Waals surface area contributed by atoms with Crippen LogP contribution in [-0.4, -0.2) is 80.7 Å². The lowest BCUT2D eigenvalue weighted by Crippen LogP contribution is -2.44. The summed E-state index contributed by atoms with van der Waals surface area (Å²) in [4.78, 5) is 36.8. The van der Waals surface area contributed by atoms with E-state index >= 15 is 0 Å². The van der Waals surface area contributed by atoms with Gasteiger partial charge in [0, 0.05) is 36.6 Å². The summed E-state index contributed by atoms with van der Waals surface area (Å²) in [6.45, 7) is 8.69. The quantitative estimate of drug-likeness (QED) is 0.143. The largest absolute Gasteiger partial charge is 0.493 e. The van der Waals surface area contributed by atoms with Crippen LogP contribution < -0.4 is 10.1 Å². The highest BCUT2D eigenvalue weighted by Crippen LogP contribution is 2.36. The van der Waals surface area contributed by atoms with Crippen LogP contribution >= 0.6 is 0 Å². The number of benzene rings is 2. The van der Waals surface area contributed by atoms with Gasteiger partial charge in [0.1, 0.15) is 17.3 Å². The Labute approximate surface area is 281 Å². The van der Waals surface area contributed by atoms with Gasteiger partial charge in [-0.1, -0.05) is 30.7 Å². The SMILES string of the molecule is Cc1c(Nc2nccc3cc(CN4CCCCC4C(=O)O)cnc23)cccc1-c1cccc(OCCCN2CCC(C(=O)O)CC2)c1C. The van der Waals surface area contributed by atoms with Crippen molar-refractivity contribution in [2.45, 2.75) is 65.0 Å². The fourth-order valence-corrected chi connectivity index (χ4v) is 7.10. The number of aromatic nitrogens is 2. The van der Waals surface area contributed by atoms with Gasteiger partial charge in [0.25, 0.3) is 0 Å². The summed E-state index contributed by atoms with van der Waals surface area (Å²) in [6.07, 6.45) is 8.57. The molecule has 48 heavy (non-hydrogen) atoms. The van der Waals surface area contributed by atoms with Gasteiger partial charge in [-0.25, -0.2) is 4.98 Å². The first kappa shape index (κ1) is 33.4. The molecule has 2 fully saturated rings. The van der Waals surface area contributed by atoms with E-state index in [0.29, 0.717) is 38.2 Å². The second kappa shape index (κ2) is 15.1. The van der Waals surface area contributed by atoms with Gasteiger partial charge in [-0.15, -0.1) is 0 Å². The summed E-state index contributed by atoms with van der Waals surface area (Å²) >= 11 is 0. The standard InChI is InChI=1S/C38H45N5O5/c1-25-30(31-9-6-12-34(26(31)2)48-21-7-17-42-19-14-28(15-20-42)37(44)45)8-5-10-32(25)41-36-35-29(13-16-39-36)22-27(23-40-35)24-43-18-4-3-11-33(43)38(46)47/h5-6,8-10,12-13,16,22-23,28,33H,3-4,7,11,14-15,17-21,24H2,1-2H3,(H,39,41)(H,44,45)(H,46,47). The van der Waals surface area contributed by atoms with Crippen molar-refractivity contribution in [1.82, 2.24) is 19.8 Å². The van der Waals surface area contributed by atoms with Crippen LogP contribution in [0.2, 0.25) is 0 Å². The molecule has 0 radical (unpaired) electrons. The molecular formula is C38H45N5O5. The van der Waals surface area contributed by atoms with Gasteiger partial charge in [0.05, 0.1) is 12.5 Å². The van der Waals surface area contributed by atoms with Crippen LogP contribution in [0.3, 0.4) is 0 Å². The molecule has 6 rings (SSSR count). The van der Waals surface area contributed by atoms with E-state index in [-0.39, 0.29) is 5.92 Å². The molecule has 3 N–H and O–H groups in total. The predicted molar refractivity (Wildman–Crippen MR) is 187 cm³/mol. The Kier molecular flexibility index (Phi) is 10.5. The Morgan fingerprint density at radius 3 is 2.46 bits per heavy atom. The molecule has 4 aromatic rings. The predicted octanol–water partition coefficient (Wildman–Crippen LogP) is 6.66. The number of piperidine rings is 2. The minimum atomic E-state index is -0.755. The molecule has 252 valence electrons. The van der Waals surface area contributed by atoms with Crippen molar-refractivity contribution in [2.24, 2.45) is 5.92 Å². The Morgan fingerprint density at radius 1 is 0.917 bits per heavy atom. The van der Waals surface area contributed by atoms with Crippen molar-refractivity contribution in [2.75, 3.05) is 38.1 Å². The Bertz CT molecular complexity index is 1770. The van der Waals surface area contributed by atoms with E-state index in [2.05, 4.69) is 47.2 Å². The Hall–Kier alpha value is -4.54. The van der Waals surface area contributed by atoms with Crippen molar-refractivity contribution in [3.63, 3.8) is 0 Å². The van der Waals surface area contributed by atoms with E-state index in [1.54, 1.807) is 6.20 Å². The van der Waals surface area contributed by atoms with Crippen LogP contribution in [0.5, 0.6) is 5.75 Å². The first-order valence-electron chi connectivity index (χ1n) is 17.0. The van der Waals surface area contributed by atoms with Crippen LogP contribution in [-0.2, 0) is 16.1 Å². The van der Waals surface area contributed by atoms with E-state index in [1.165, 1.54) is 0 Å². The minimum absolute atomic E-state index is 0.209. The Balaban J connectivity index is 1.13. The van der Waals surface area contributed by atoms with Crippen molar-refractivity contribution in [3.05, 3.63) is 77.6 Å². The molecule has 0 amide bonds. The van der Waals surface area contributed by atoms with Crippen LogP contribution in [0.4, 0.5) is 11.5 Å². The maximum atomic E-state index is 11.8. The lowest BCUT2D eigenvalue weighted by atomic mass is 9.95. The van der Waals surface area contributed by atoms with Gasteiger partial charge >= 0.3 is 11.9 Å². The second-order valence-corrected chi connectivity index (χ2v) is 13.1. The van der Waals surface area contributed by atoms with Crippen LogP contribution in [0.1, 0.15) is 55.2 Å². The fraction of sp³-hybridized carbons (Fsp3) is 0.421. The highest BCUT2D eigenvalue weighted by atomic mass is 16.5. The van der Waals surface area contributed by atoms with Gasteiger partial charge in [-0.05, 0) is 118 Å². The summed E-state index contributed by atoms with van der Waals surface area (Å²) in [5.41, 5.74) is 7.07. The number of hydrogen-bond acceptors (Lipinski definition) is 8. The number of likely N-dealkylation sites (tertiary alicyclic amines) is 2. The number of rotatable bonds is 12. The third kappa shape index (κ3) is 7.61. The molecule has 2 aliphatic rings. The maximum Gasteiger partial charge on any atom is 0.320 e. The summed E-state index contributed by atoms with van der Waals surface area (Å²) < 4.78 is 6.25. The lowest BCUT2D eigenvalue weighted by Gasteiger charge is -2.32. The van der Waals surface area contributed by atoms with Gasteiger partial charge in [0.15, 0.2) is 5.82 Å². The molecule has 1 atom stereocenters. The van der Waals surface area contributed by atoms with E-state index in [1.807, 2.05) is 41.4 Å². The number of pyridine rings is 2. The topological polar surface area (TPSA) is 128 Å². The summed E-state index contributed by atoms with van der Waals surface area (Å²) in [5.74, 6) is -0.107. The molecule has 0 bridgehead atoms. The number of aliphatic carboxylic acids is 2.